The van der Waals surface area contributed by atoms with E-state index in [0.29, 0.717) is 34.7 Å². The first-order valence-electron chi connectivity index (χ1n) is 7.96. The molecule has 3 heterocycles. The highest BCUT2D eigenvalue weighted by atomic mass is 35.5. The van der Waals surface area contributed by atoms with E-state index in [0.717, 1.165) is 11.3 Å². The lowest BCUT2D eigenvalue weighted by atomic mass is 10.2. The van der Waals surface area contributed by atoms with Crippen LogP contribution < -0.4 is 14.8 Å². The molecule has 2 N–H and O–H groups in total. The fourth-order valence-electron chi connectivity index (χ4n) is 2.50. The fraction of sp³-hybridized carbons (Fsp3) is 0.235. The molecule has 2 aromatic heterocycles. The van der Waals surface area contributed by atoms with Gasteiger partial charge in [-0.1, -0.05) is 35.5 Å². The number of ether oxygens (including phenoxy) is 2. The number of imidazole rings is 1. The van der Waals surface area contributed by atoms with E-state index in [9.17, 15) is 4.79 Å². The van der Waals surface area contributed by atoms with E-state index < -0.39 is 0 Å². The fourth-order valence-corrected chi connectivity index (χ4v) is 3.36. The number of para-hydroxylation sites is 2. The van der Waals surface area contributed by atoms with Crippen LogP contribution in [0.1, 0.15) is 0 Å². The zero-order chi connectivity index (χ0) is 17.9. The Morgan fingerprint density at radius 3 is 3.12 bits per heavy atom. The number of nitrogens with zero attached hydrogens (tertiary/aromatic N) is 2. The number of hydrogen-bond acceptors (Lipinski definition) is 6. The summed E-state index contributed by atoms with van der Waals surface area (Å²) in [7, 11) is 0. The van der Waals surface area contributed by atoms with Gasteiger partial charge in [-0.05, 0) is 18.2 Å². The molecule has 0 saturated heterocycles. The van der Waals surface area contributed by atoms with Gasteiger partial charge in [-0.25, -0.2) is 9.97 Å². The average Bonchev–Trinajstić information content (AvgIpc) is 3.06. The van der Waals surface area contributed by atoms with Gasteiger partial charge in [-0.3, -0.25) is 4.79 Å². The van der Waals surface area contributed by atoms with Gasteiger partial charge in [0.15, 0.2) is 22.3 Å². The summed E-state index contributed by atoms with van der Waals surface area (Å²) in [6, 6.07) is 9.23. The van der Waals surface area contributed by atoms with Gasteiger partial charge in [0.25, 0.3) is 0 Å². The van der Waals surface area contributed by atoms with E-state index in [1.165, 1.54) is 18.0 Å². The van der Waals surface area contributed by atoms with E-state index in [4.69, 9.17) is 21.1 Å². The molecule has 0 spiro atoms. The second kappa shape index (κ2) is 7.43. The first kappa shape index (κ1) is 17.0. The number of aromatic amines is 1. The Morgan fingerprint density at radius 1 is 1.38 bits per heavy atom. The molecule has 0 fully saturated rings. The number of fused-ring (bicyclic) bond motifs is 2. The number of aromatic nitrogens is 3. The molecule has 4 rings (SSSR count). The molecule has 0 radical (unpaired) electrons. The Bertz CT molecular complexity index is 949. The average molecular weight is 391 g/mol. The highest BCUT2D eigenvalue weighted by Crippen LogP contribution is 2.30. The molecule has 1 aliphatic heterocycles. The number of hydrogen-bond donors (Lipinski definition) is 2. The van der Waals surface area contributed by atoms with Gasteiger partial charge < -0.3 is 19.8 Å². The molecule has 134 valence electrons. The standard InChI is InChI=1S/C17H15ClN4O3S/c18-10-5-12-16(20-6-10)22-17(21-12)26-9-15(23)19-7-11-8-24-13-3-1-2-4-14(13)25-11/h1-6,11H,7-9H2,(H,19,23)(H,20,21,22)/t11-/m1/s1. The number of H-pyrrole nitrogens is 1. The van der Waals surface area contributed by atoms with Crippen molar-refractivity contribution in [2.45, 2.75) is 11.3 Å². The van der Waals surface area contributed by atoms with E-state index >= 15 is 0 Å². The predicted octanol–water partition coefficient (Wildman–Crippen LogP) is 2.66. The normalized spacial score (nSPS) is 15.8. The third-order valence-electron chi connectivity index (χ3n) is 3.72. The highest BCUT2D eigenvalue weighted by Gasteiger charge is 2.21. The number of halogens is 1. The van der Waals surface area contributed by atoms with Crippen LogP contribution in [-0.4, -0.2) is 45.9 Å². The lowest BCUT2D eigenvalue weighted by Crippen LogP contribution is -2.41. The van der Waals surface area contributed by atoms with E-state index in [1.807, 2.05) is 24.3 Å². The van der Waals surface area contributed by atoms with E-state index in [1.54, 1.807) is 6.07 Å². The van der Waals surface area contributed by atoms with Crippen molar-refractivity contribution in [1.29, 1.82) is 0 Å². The molecule has 1 atom stereocenters. The number of amides is 1. The Kier molecular flexibility index (Phi) is 4.85. The van der Waals surface area contributed by atoms with Gasteiger partial charge in [-0.15, -0.1) is 0 Å². The van der Waals surface area contributed by atoms with Crippen molar-refractivity contribution in [2.24, 2.45) is 0 Å². The van der Waals surface area contributed by atoms with Crippen LogP contribution in [0.15, 0.2) is 41.7 Å². The quantitative estimate of drug-likeness (QED) is 0.651. The minimum Gasteiger partial charge on any atom is -0.486 e. The number of carbonyl (C=O) groups excluding carboxylic acids is 1. The maximum absolute atomic E-state index is 12.1. The van der Waals surface area contributed by atoms with Crippen LogP contribution in [0.25, 0.3) is 11.2 Å². The van der Waals surface area contributed by atoms with Crippen molar-refractivity contribution in [3.63, 3.8) is 0 Å². The first-order valence-corrected chi connectivity index (χ1v) is 9.33. The summed E-state index contributed by atoms with van der Waals surface area (Å²) in [6.45, 7) is 0.783. The number of thioether (sulfide) groups is 1. The van der Waals surface area contributed by atoms with Crippen LogP contribution in [0.5, 0.6) is 11.5 Å². The minimum atomic E-state index is -0.212. The summed E-state index contributed by atoms with van der Waals surface area (Å²) >= 11 is 7.20. The molecule has 0 unspecified atom stereocenters. The summed E-state index contributed by atoms with van der Waals surface area (Å²) in [5.74, 6) is 1.55. The third kappa shape index (κ3) is 3.86. The number of rotatable bonds is 5. The van der Waals surface area contributed by atoms with Crippen molar-refractivity contribution in [1.82, 2.24) is 20.3 Å². The SMILES string of the molecule is O=C(CSc1nc2ncc(Cl)cc2[nH]1)NC[C@@H]1COc2ccccc2O1. The monoisotopic (exact) mass is 390 g/mol. The zero-order valence-electron chi connectivity index (χ0n) is 13.6. The molecule has 0 bridgehead atoms. The van der Waals surface area contributed by atoms with Crippen LogP contribution in [-0.2, 0) is 4.79 Å². The van der Waals surface area contributed by atoms with Crippen molar-refractivity contribution in [3.05, 3.63) is 41.6 Å². The molecule has 0 saturated carbocycles. The Morgan fingerprint density at radius 2 is 2.23 bits per heavy atom. The smallest absolute Gasteiger partial charge is 0.230 e. The van der Waals surface area contributed by atoms with Crippen LogP contribution in [0, 0.1) is 0 Å². The van der Waals surface area contributed by atoms with Crippen LogP contribution in [0.3, 0.4) is 0 Å². The van der Waals surface area contributed by atoms with Gasteiger partial charge in [0, 0.05) is 6.20 Å². The molecular weight excluding hydrogens is 376 g/mol. The van der Waals surface area contributed by atoms with Crippen molar-refractivity contribution in [2.75, 3.05) is 18.9 Å². The third-order valence-corrected chi connectivity index (χ3v) is 4.80. The van der Waals surface area contributed by atoms with Crippen LogP contribution >= 0.6 is 23.4 Å². The Balaban J connectivity index is 1.26. The number of benzene rings is 1. The lowest BCUT2D eigenvalue weighted by molar-refractivity contribution is -0.119. The summed E-state index contributed by atoms with van der Waals surface area (Å²) in [5, 5.41) is 4.01. The summed E-state index contributed by atoms with van der Waals surface area (Å²) in [4.78, 5) is 23.6. The molecule has 26 heavy (non-hydrogen) atoms. The largest absolute Gasteiger partial charge is 0.486 e. The Hall–Kier alpha value is -2.45. The molecule has 9 heteroatoms. The Labute approximate surface area is 158 Å². The molecule has 1 aromatic carbocycles. The van der Waals surface area contributed by atoms with Crippen molar-refractivity contribution in [3.8, 4) is 11.5 Å². The van der Waals surface area contributed by atoms with Gasteiger partial charge >= 0.3 is 0 Å². The minimum absolute atomic E-state index is 0.107. The number of carbonyl (C=O) groups is 1. The molecule has 1 aliphatic rings. The highest BCUT2D eigenvalue weighted by molar-refractivity contribution is 7.99. The summed E-state index contributed by atoms with van der Waals surface area (Å²) in [6.07, 6.45) is 1.33. The van der Waals surface area contributed by atoms with E-state index in [2.05, 4.69) is 20.3 Å². The lowest BCUT2D eigenvalue weighted by Gasteiger charge is -2.26. The van der Waals surface area contributed by atoms with Gasteiger partial charge in [0.05, 0.1) is 22.8 Å². The number of nitrogens with one attached hydrogen (secondary N) is 2. The second-order valence-electron chi connectivity index (χ2n) is 5.66. The van der Waals surface area contributed by atoms with Crippen molar-refractivity contribution >= 4 is 40.4 Å². The van der Waals surface area contributed by atoms with Crippen LogP contribution in [0.2, 0.25) is 5.02 Å². The molecular formula is C17H15ClN4O3S. The molecule has 7 nitrogen and oxygen atoms in total. The van der Waals surface area contributed by atoms with Crippen LogP contribution in [0.4, 0.5) is 0 Å². The van der Waals surface area contributed by atoms with Gasteiger partial charge in [0.1, 0.15) is 12.7 Å². The predicted molar refractivity (Wildman–Crippen MR) is 99.0 cm³/mol. The van der Waals surface area contributed by atoms with Gasteiger partial charge in [0.2, 0.25) is 5.91 Å². The van der Waals surface area contributed by atoms with Crippen molar-refractivity contribution < 1.29 is 14.3 Å². The molecule has 3 aromatic rings. The zero-order valence-corrected chi connectivity index (χ0v) is 15.1. The molecule has 0 aliphatic carbocycles. The summed E-state index contributed by atoms with van der Waals surface area (Å²) < 4.78 is 11.4. The maximum atomic E-state index is 12.1. The second-order valence-corrected chi connectivity index (χ2v) is 7.06. The van der Waals surface area contributed by atoms with E-state index in [-0.39, 0.29) is 17.8 Å². The molecule has 1 amide bonds. The first-order chi connectivity index (χ1) is 12.7. The number of pyridine rings is 1. The van der Waals surface area contributed by atoms with Gasteiger partial charge in [-0.2, -0.15) is 0 Å². The summed E-state index contributed by atoms with van der Waals surface area (Å²) in [5.41, 5.74) is 1.32. The topological polar surface area (TPSA) is 89.1 Å². The maximum Gasteiger partial charge on any atom is 0.230 e.